The number of hydrogen-bond donors (Lipinski definition) is 1. The van der Waals surface area contributed by atoms with Crippen LogP contribution < -0.4 is 0 Å². The number of likely N-dealkylation sites (tertiary alicyclic amines) is 1. The Bertz CT molecular complexity index is 339. The van der Waals surface area contributed by atoms with Crippen molar-refractivity contribution in [1.29, 1.82) is 0 Å². The van der Waals surface area contributed by atoms with E-state index in [1.807, 2.05) is 0 Å². The quantitative estimate of drug-likeness (QED) is 0.833. The Kier molecular flexibility index (Phi) is 3.59. The van der Waals surface area contributed by atoms with Gasteiger partial charge in [0.05, 0.1) is 5.92 Å². The molecule has 1 heterocycles. The predicted octanol–water partition coefficient (Wildman–Crippen LogP) is 3.28. The first-order chi connectivity index (χ1) is 9.11. The highest BCUT2D eigenvalue weighted by atomic mass is 16.4. The summed E-state index contributed by atoms with van der Waals surface area (Å²) >= 11 is 0. The molecule has 1 saturated heterocycles. The Morgan fingerprint density at radius 3 is 2.26 bits per heavy atom. The van der Waals surface area contributed by atoms with Crippen LogP contribution in [0.5, 0.6) is 0 Å². The second-order valence-electron chi connectivity index (χ2n) is 7.15. The molecule has 2 saturated carbocycles. The molecule has 2 unspecified atom stereocenters. The van der Waals surface area contributed by atoms with Gasteiger partial charge < -0.3 is 5.11 Å². The largest absolute Gasteiger partial charge is 0.481 e. The molecule has 3 rings (SSSR count). The summed E-state index contributed by atoms with van der Waals surface area (Å²) in [4.78, 5) is 13.7. The summed E-state index contributed by atoms with van der Waals surface area (Å²) in [6, 6.07) is 0.894. The Morgan fingerprint density at radius 2 is 1.74 bits per heavy atom. The van der Waals surface area contributed by atoms with E-state index in [-0.39, 0.29) is 12.0 Å². The molecule has 2 atom stereocenters. The monoisotopic (exact) mass is 265 g/mol. The lowest BCUT2D eigenvalue weighted by molar-refractivity contribution is -0.142. The number of carboxylic acid groups (broad SMARTS) is 1. The van der Waals surface area contributed by atoms with Gasteiger partial charge in [0.25, 0.3) is 0 Å². The van der Waals surface area contributed by atoms with Crippen molar-refractivity contribution in [2.45, 2.75) is 76.8 Å². The second kappa shape index (κ2) is 5.08. The highest BCUT2D eigenvalue weighted by molar-refractivity contribution is 5.71. The molecule has 0 amide bonds. The molecule has 3 fully saturated rings. The first-order valence-electron chi connectivity index (χ1n) is 8.10. The third kappa shape index (κ3) is 2.42. The molecule has 108 valence electrons. The van der Waals surface area contributed by atoms with Gasteiger partial charge in [-0.1, -0.05) is 12.8 Å². The minimum Gasteiger partial charge on any atom is -0.481 e. The van der Waals surface area contributed by atoms with Gasteiger partial charge in [0.1, 0.15) is 0 Å². The van der Waals surface area contributed by atoms with Gasteiger partial charge in [-0.15, -0.1) is 0 Å². The zero-order valence-electron chi connectivity index (χ0n) is 12.1. The van der Waals surface area contributed by atoms with Crippen LogP contribution in [0.25, 0.3) is 0 Å². The Hall–Kier alpha value is -0.570. The van der Waals surface area contributed by atoms with Crippen LogP contribution in [0.1, 0.15) is 64.7 Å². The van der Waals surface area contributed by atoms with E-state index in [2.05, 4.69) is 11.8 Å². The summed E-state index contributed by atoms with van der Waals surface area (Å²) in [5, 5.41) is 9.24. The average Bonchev–Trinajstić information content (AvgIpc) is 2.98. The number of aliphatic carboxylic acids is 1. The van der Waals surface area contributed by atoms with Gasteiger partial charge in [-0.3, -0.25) is 9.69 Å². The normalized spacial score (nSPS) is 36.1. The molecule has 1 N–H and O–H groups in total. The van der Waals surface area contributed by atoms with Crippen LogP contribution in [0.15, 0.2) is 0 Å². The maximum Gasteiger partial charge on any atom is 0.308 e. The first kappa shape index (κ1) is 13.4. The van der Waals surface area contributed by atoms with Gasteiger partial charge in [0, 0.05) is 12.1 Å². The highest BCUT2D eigenvalue weighted by Gasteiger charge is 2.43. The molecule has 19 heavy (non-hydrogen) atoms. The van der Waals surface area contributed by atoms with Crippen molar-refractivity contribution < 1.29 is 9.90 Å². The molecule has 0 aromatic carbocycles. The fraction of sp³-hybridized carbons (Fsp3) is 0.938. The lowest BCUT2D eigenvalue weighted by Crippen LogP contribution is -2.44. The van der Waals surface area contributed by atoms with Crippen molar-refractivity contribution in [3.8, 4) is 0 Å². The summed E-state index contributed by atoms with van der Waals surface area (Å²) in [6.45, 7) is 3.11. The van der Waals surface area contributed by atoms with Gasteiger partial charge in [-0.2, -0.15) is 0 Å². The van der Waals surface area contributed by atoms with E-state index in [0.29, 0.717) is 11.5 Å². The molecular weight excluding hydrogens is 238 g/mol. The van der Waals surface area contributed by atoms with E-state index < -0.39 is 5.97 Å². The fourth-order valence-corrected chi connectivity index (χ4v) is 4.98. The number of hydrogen-bond acceptors (Lipinski definition) is 2. The average molecular weight is 265 g/mol. The molecule has 0 aromatic rings. The summed E-state index contributed by atoms with van der Waals surface area (Å²) in [5.74, 6) is -0.736. The maximum atomic E-state index is 11.2. The third-order valence-electron chi connectivity index (χ3n) is 6.27. The Labute approximate surface area is 116 Å². The lowest BCUT2D eigenvalue weighted by Gasteiger charge is -2.42. The summed E-state index contributed by atoms with van der Waals surface area (Å²) < 4.78 is 0. The van der Waals surface area contributed by atoms with Crippen LogP contribution >= 0.6 is 0 Å². The van der Waals surface area contributed by atoms with Gasteiger partial charge in [0.15, 0.2) is 0 Å². The molecule has 1 aliphatic heterocycles. The first-order valence-corrected chi connectivity index (χ1v) is 8.10. The third-order valence-corrected chi connectivity index (χ3v) is 6.27. The summed E-state index contributed by atoms with van der Waals surface area (Å²) in [6.07, 6.45) is 12.0. The van der Waals surface area contributed by atoms with Crippen LogP contribution in [-0.4, -0.2) is 34.6 Å². The molecule has 3 nitrogen and oxygen atoms in total. The predicted molar refractivity (Wildman–Crippen MR) is 75.1 cm³/mol. The number of rotatable bonds is 2. The van der Waals surface area contributed by atoms with Crippen LogP contribution in [0, 0.1) is 11.3 Å². The van der Waals surface area contributed by atoms with E-state index in [4.69, 9.17) is 0 Å². The topological polar surface area (TPSA) is 40.5 Å². The molecule has 0 bridgehead atoms. The Morgan fingerprint density at radius 1 is 1.11 bits per heavy atom. The van der Waals surface area contributed by atoms with Crippen molar-refractivity contribution in [2.24, 2.45) is 11.3 Å². The number of carboxylic acids is 1. The van der Waals surface area contributed by atoms with Crippen molar-refractivity contribution in [1.82, 2.24) is 4.90 Å². The molecule has 0 radical (unpaired) electrons. The van der Waals surface area contributed by atoms with Gasteiger partial charge >= 0.3 is 5.97 Å². The van der Waals surface area contributed by atoms with Crippen LogP contribution in [0.2, 0.25) is 0 Å². The second-order valence-corrected chi connectivity index (χ2v) is 7.15. The number of carbonyl (C=O) groups is 1. The van der Waals surface area contributed by atoms with Crippen molar-refractivity contribution in [3.63, 3.8) is 0 Å². The summed E-state index contributed by atoms with van der Waals surface area (Å²) in [5.41, 5.74) is 0.686. The van der Waals surface area contributed by atoms with E-state index in [1.54, 1.807) is 0 Å². The highest BCUT2D eigenvalue weighted by Crippen LogP contribution is 2.50. The SMILES string of the molecule is CC1C(C(=O)O)CCN1C1CCC2(CCCC2)CC1. The minimum absolute atomic E-state index is 0.137. The lowest BCUT2D eigenvalue weighted by atomic mass is 9.71. The van der Waals surface area contributed by atoms with Gasteiger partial charge in [-0.05, 0) is 63.8 Å². The summed E-state index contributed by atoms with van der Waals surface area (Å²) in [7, 11) is 0. The molecular formula is C16H27NO2. The number of nitrogens with zero attached hydrogens (tertiary/aromatic N) is 1. The zero-order valence-corrected chi connectivity index (χ0v) is 12.1. The molecule has 0 aromatic heterocycles. The van der Waals surface area contributed by atoms with E-state index in [9.17, 15) is 9.90 Å². The van der Waals surface area contributed by atoms with E-state index in [0.717, 1.165) is 13.0 Å². The fourth-order valence-electron chi connectivity index (χ4n) is 4.98. The minimum atomic E-state index is -0.599. The maximum absolute atomic E-state index is 11.2. The molecule has 2 aliphatic carbocycles. The van der Waals surface area contributed by atoms with Gasteiger partial charge in [0.2, 0.25) is 0 Å². The standard InChI is InChI=1S/C16H27NO2/c1-12-14(15(18)19)6-11-17(12)13-4-9-16(10-5-13)7-2-3-8-16/h12-14H,2-11H2,1H3,(H,18,19). The van der Waals surface area contributed by atoms with Crippen molar-refractivity contribution >= 4 is 5.97 Å². The van der Waals surface area contributed by atoms with E-state index >= 15 is 0 Å². The van der Waals surface area contributed by atoms with Crippen LogP contribution in [0.3, 0.4) is 0 Å². The molecule has 3 heteroatoms. The van der Waals surface area contributed by atoms with Crippen molar-refractivity contribution in [3.05, 3.63) is 0 Å². The van der Waals surface area contributed by atoms with Gasteiger partial charge in [-0.25, -0.2) is 0 Å². The smallest absolute Gasteiger partial charge is 0.308 e. The van der Waals surface area contributed by atoms with E-state index in [1.165, 1.54) is 51.4 Å². The zero-order chi connectivity index (χ0) is 13.5. The van der Waals surface area contributed by atoms with Crippen molar-refractivity contribution in [2.75, 3.05) is 6.54 Å². The Balaban J connectivity index is 1.58. The van der Waals surface area contributed by atoms with Crippen LogP contribution in [0.4, 0.5) is 0 Å². The molecule has 1 spiro atoms. The molecule has 3 aliphatic rings. The van der Waals surface area contributed by atoms with Crippen LogP contribution in [-0.2, 0) is 4.79 Å².